The zero-order chi connectivity index (χ0) is 17.9. The quantitative estimate of drug-likeness (QED) is 0.711. The number of nitrogens with one attached hydrogen (secondary N) is 1. The molecule has 1 atom stereocenters. The highest BCUT2D eigenvalue weighted by Crippen LogP contribution is 2.33. The predicted octanol–water partition coefficient (Wildman–Crippen LogP) is 4.34. The van der Waals surface area contributed by atoms with Crippen LogP contribution in [0.3, 0.4) is 0 Å². The van der Waals surface area contributed by atoms with Gasteiger partial charge in [-0.15, -0.1) is 11.3 Å². The normalized spacial score (nSPS) is 15.0. The lowest BCUT2D eigenvalue weighted by atomic mass is 10.1. The molecule has 1 aromatic heterocycles. The number of benzene rings is 2. The highest BCUT2D eigenvalue weighted by atomic mass is 32.1. The first-order valence-corrected chi connectivity index (χ1v) is 7.97. The maximum absolute atomic E-state index is 9.64. The molecule has 3 nitrogen and oxygen atoms in total. The highest BCUT2D eigenvalue weighted by molar-refractivity contribution is 7.10. The van der Waals surface area contributed by atoms with Gasteiger partial charge in [-0.05, 0) is 54.6 Å². The molecular formula is C18H19NO2S. The van der Waals surface area contributed by atoms with Gasteiger partial charge in [0.1, 0.15) is 17.6 Å². The van der Waals surface area contributed by atoms with E-state index in [-0.39, 0.29) is 11.9 Å². The van der Waals surface area contributed by atoms with Crippen LogP contribution in [0.4, 0.5) is 0 Å². The third kappa shape index (κ3) is 3.24. The van der Waals surface area contributed by atoms with Crippen molar-refractivity contribution in [3.8, 4) is 11.5 Å². The molecule has 0 saturated heterocycles. The number of ether oxygens (including phenoxy) is 1. The van der Waals surface area contributed by atoms with E-state index >= 15 is 0 Å². The molecule has 0 aliphatic heterocycles. The molecule has 2 N–H and O–H groups in total. The Hall–Kier alpha value is -2.04. The van der Waals surface area contributed by atoms with Gasteiger partial charge >= 0.3 is 0 Å². The Morgan fingerprint density at radius 3 is 3.05 bits per heavy atom. The van der Waals surface area contributed by atoms with Crippen molar-refractivity contribution in [2.45, 2.75) is 12.5 Å². The van der Waals surface area contributed by atoms with E-state index in [1.54, 1.807) is 23.5 Å². The minimum atomic E-state index is -2.16. The smallest absolute Gasteiger partial charge is 0.134 e. The van der Waals surface area contributed by atoms with Crippen LogP contribution in [-0.4, -0.2) is 18.6 Å². The summed E-state index contributed by atoms with van der Waals surface area (Å²) >= 11 is 1.58. The van der Waals surface area contributed by atoms with Gasteiger partial charge in [0, 0.05) is 20.8 Å². The summed E-state index contributed by atoms with van der Waals surface area (Å²) in [5, 5.41) is 16.0. The van der Waals surface area contributed by atoms with Crippen LogP contribution in [0.25, 0.3) is 10.8 Å². The fourth-order valence-electron chi connectivity index (χ4n) is 2.43. The zero-order valence-corrected chi connectivity index (χ0v) is 12.8. The molecule has 0 aliphatic carbocycles. The number of aromatic hydroxyl groups is 1. The first kappa shape index (κ1) is 11.5. The first-order valence-electron chi connectivity index (χ1n) is 8.59. The van der Waals surface area contributed by atoms with Gasteiger partial charge in [-0.25, -0.2) is 0 Å². The Kier molecular flexibility index (Phi) is 3.57. The van der Waals surface area contributed by atoms with Gasteiger partial charge in [0.05, 0.1) is 0 Å². The second kappa shape index (κ2) is 6.81. The lowest BCUT2D eigenvalue weighted by molar-refractivity contribution is 0.201. The predicted molar refractivity (Wildman–Crippen MR) is 91.8 cm³/mol. The van der Waals surface area contributed by atoms with E-state index in [1.807, 2.05) is 41.8 Å². The third-order valence-electron chi connectivity index (χ3n) is 3.49. The number of rotatable bonds is 6. The molecule has 1 heterocycles. The lowest BCUT2D eigenvalue weighted by Crippen LogP contribution is -2.15. The molecule has 2 aromatic carbocycles. The molecule has 3 rings (SSSR count). The van der Waals surface area contributed by atoms with Crippen LogP contribution in [-0.2, 0) is 0 Å². The second-order valence-electron chi connectivity index (χ2n) is 5.00. The molecule has 4 heteroatoms. The summed E-state index contributed by atoms with van der Waals surface area (Å²) in [6, 6.07) is 14.8. The molecule has 0 saturated carbocycles. The Labute approximate surface area is 138 Å². The molecule has 0 aliphatic rings. The molecule has 0 bridgehead atoms. The first-order chi connectivity index (χ1) is 11.9. The number of fused-ring (bicyclic) bond motifs is 1. The summed E-state index contributed by atoms with van der Waals surface area (Å²) in [5.41, 5.74) is 0. The Balaban J connectivity index is 1.83. The molecule has 0 fully saturated rings. The Morgan fingerprint density at radius 2 is 2.23 bits per heavy atom. The maximum atomic E-state index is 9.64. The molecular weight excluding hydrogens is 294 g/mol. The monoisotopic (exact) mass is 316 g/mol. The van der Waals surface area contributed by atoms with Gasteiger partial charge in [0.2, 0.25) is 0 Å². The van der Waals surface area contributed by atoms with Crippen molar-refractivity contribution in [2.24, 2.45) is 0 Å². The van der Waals surface area contributed by atoms with Crippen molar-refractivity contribution in [2.75, 3.05) is 13.5 Å². The third-order valence-corrected chi connectivity index (χ3v) is 4.45. The number of hydrogen-bond donors (Lipinski definition) is 2. The average Bonchev–Trinajstić information content (AvgIpc) is 3.07. The van der Waals surface area contributed by atoms with Crippen molar-refractivity contribution in [1.82, 2.24) is 5.32 Å². The van der Waals surface area contributed by atoms with E-state index in [9.17, 15) is 5.11 Å². The van der Waals surface area contributed by atoms with E-state index in [1.165, 1.54) is 0 Å². The molecule has 22 heavy (non-hydrogen) atoms. The molecule has 0 radical (unpaired) electrons. The van der Waals surface area contributed by atoms with Crippen LogP contribution in [0.1, 0.15) is 21.5 Å². The Morgan fingerprint density at radius 1 is 1.27 bits per heavy atom. The van der Waals surface area contributed by atoms with E-state index in [4.69, 9.17) is 8.85 Å². The van der Waals surface area contributed by atoms with Crippen LogP contribution in [0.15, 0.2) is 53.9 Å². The van der Waals surface area contributed by atoms with Crippen molar-refractivity contribution < 1.29 is 14.0 Å². The van der Waals surface area contributed by atoms with Gasteiger partial charge < -0.3 is 15.2 Å². The van der Waals surface area contributed by atoms with Crippen LogP contribution < -0.4 is 10.1 Å². The number of phenols is 1. The van der Waals surface area contributed by atoms with E-state index < -0.39 is 6.98 Å². The molecule has 0 unspecified atom stereocenters. The van der Waals surface area contributed by atoms with Crippen LogP contribution in [0.2, 0.25) is 0 Å². The largest absolute Gasteiger partial charge is 0.508 e. The molecule has 3 aromatic rings. The van der Waals surface area contributed by atoms with Gasteiger partial charge in [0.15, 0.2) is 0 Å². The number of thiophene rings is 1. The van der Waals surface area contributed by atoms with Crippen molar-refractivity contribution in [1.29, 1.82) is 0 Å². The van der Waals surface area contributed by atoms with Crippen LogP contribution >= 0.6 is 11.3 Å². The van der Waals surface area contributed by atoms with Crippen LogP contribution in [0.5, 0.6) is 11.5 Å². The summed E-state index contributed by atoms with van der Waals surface area (Å²) in [6.07, 6.45) is 0.294. The van der Waals surface area contributed by atoms with Crippen molar-refractivity contribution in [3.05, 3.63) is 58.8 Å². The van der Waals surface area contributed by atoms with E-state index in [0.717, 1.165) is 15.6 Å². The van der Waals surface area contributed by atoms with E-state index in [0.29, 0.717) is 18.7 Å². The number of hydrogen-bond acceptors (Lipinski definition) is 4. The fraction of sp³-hybridized carbons (Fsp3) is 0.222. The highest BCUT2D eigenvalue weighted by Gasteiger charge is 2.15. The molecule has 0 spiro atoms. The maximum Gasteiger partial charge on any atom is 0.134 e. The summed E-state index contributed by atoms with van der Waals surface area (Å²) in [4.78, 5) is 1.04. The number of phenolic OH excluding ortho intramolecular Hbond substituents is 1. The Bertz CT molecular complexity index is 834. The standard InChI is InChI=1S/C18H19NO2S/c1-19-10-9-17(18-6-3-11-22-18)21-16-5-2-4-13-12-14(20)7-8-15(13)16/h2-8,11-12,17,19-20H,9-10H2,1H3/t17-/m0/s1/i1D3. The summed E-state index contributed by atoms with van der Waals surface area (Å²) in [7, 11) is 0. The lowest BCUT2D eigenvalue weighted by Gasteiger charge is -2.19. The second-order valence-corrected chi connectivity index (χ2v) is 5.98. The SMILES string of the molecule is [2H]C([2H])([2H])NCC[C@H](Oc1cccc2cc(O)ccc12)c1cccs1. The van der Waals surface area contributed by atoms with Crippen molar-refractivity contribution >= 4 is 22.1 Å². The minimum absolute atomic E-state index is 0.210. The fourth-order valence-corrected chi connectivity index (χ4v) is 3.22. The minimum Gasteiger partial charge on any atom is -0.508 e. The summed E-state index contributed by atoms with van der Waals surface area (Å²) in [6.45, 7) is -1.83. The van der Waals surface area contributed by atoms with Gasteiger partial charge in [-0.3, -0.25) is 0 Å². The summed E-state index contributed by atoms with van der Waals surface area (Å²) < 4.78 is 28.0. The van der Waals surface area contributed by atoms with Crippen molar-refractivity contribution in [3.63, 3.8) is 0 Å². The van der Waals surface area contributed by atoms with Gasteiger partial charge in [0.25, 0.3) is 0 Å². The van der Waals surface area contributed by atoms with Gasteiger partial charge in [-0.2, -0.15) is 0 Å². The topological polar surface area (TPSA) is 41.5 Å². The zero-order valence-electron chi connectivity index (χ0n) is 15.0. The molecule has 114 valence electrons. The average molecular weight is 316 g/mol. The molecule has 0 amide bonds. The van der Waals surface area contributed by atoms with Gasteiger partial charge in [-0.1, -0.05) is 18.2 Å². The van der Waals surface area contributed by atoms with Crippen LogP contribution in [0, 0.1) is 0 Å². The summed E-state index contributed by atoms with van der Waals surface area (Å²) in [5.74, 6) is 0.922. The van der Waals surface area contributed by atoms with E-state index in [2.05, 4.69) is 5.32 Å².